The normalized spacial score (nSPS) is 22.6. The minimum absolute atomic E-state index is 0.334. The summed E-state index contributed by atoms with van der Waals surface area (Å²) < 4.78 is 0. The Morgan fingerprint density at radius 3 is 2.55 bits per heavy atom. The SMILES string of the molecule is O=C(Nc1cncnc1)NC1CCCCCC1C(=O)O. The number of carbonyl (C=O) groups excluding carboxylic acids is 1. The predicted octanol–water partition coefficient (Wildman–Crippen LogP) is 1.63. The van der Waals surface area contributed by atoms with E-state index in [-0.39, 0.29) is 6.04 Å². The summed E-state index contributed by atoms with van der Waals surface area (Å²) >= 11 is 0. The molecule has 0 saturated heterocycles. The van der Waals surface area contributed by atoms with Gasteiger partial charge in [-0.05, 0) is 12.8 Å². The largest absolute Gasteiger partial charge is 0.481 e. The highest BCUT2D eigenvalue weighted by Crippen LogP contribution is 2.23. The molecular weight excluding hydrogens is 260 g/mol. The van der Waals surface area contributed by atoms with E-state index in [1.54, 1.807) is 0 Å². The molecule has 1 aliphatic rings. The Morgan fingerprint density at radius 2 is 1.85 bits per heavy atom. The van der Waals surface area contributed by atoms with Gasteiger partial charge in [-0.2, -0.15) is 0 Å². The van der Waals surface area contributed by atoms with Crippen LogP contribution in [0.15, 0.2) is 18.7 Å². The Balaban J connectivity index is 1.95. The van der Waals surface area contributed by atoms with Gasteiger partial charge in [-0.25, -0.2) is 14.8 Å². The van der Waals surface area contributed by atoms with Crippen molar-refractivity contribution < 1.29 is 14.7 Å². The number of hydrogen-bond acceptors (Lipinski definition) is 4. The van der Waals surface area contributed by atoms with Gasteiger partial charge in [-0.3, -0.25) is 4.79 Å². The molecule has 108 valence electrons. The fourth-order valence-electron chi connectivity index (χ4n) is 2.48. The number of carboxylic acids is 1. The average Bonchev–Trinajstić information content (AvgIpc) is 2.65. The lowest BCUT2D eigenvalue weighted by Gasteiger charge is -2.22. The first-order valence-corrected chi connectivity index (χ1v) is 6.72. The van der Waals surface area contributed by atoms with Gasteiger partial charge in [0.25, 0.3) is 0 Å². The van der Waals surface area contributed by atoms with Crippen molar-refractivity contribution in [1.82, 2.24) is 15.3 Å². The summed E-state index contributed by atoms with van der Waals surface area (Å²) in [5.41, 5.74) is 0.477. The summed E-state index contributed by atoms with van der Waals surface area (Å²) in [7, 11) is 0. The van der Waals surface area contributed by atoms with Crippen molar-refractivity contribution in [3.05, 3.63) is 18.7 Å². The number of nitrogens with one attached hydrogen (secondary N) is 2. The molecule has 1 fully saturated rings. The number of aromatic nitrogens is 2. The number of carboxylic acid groups (broad SMARTS) is 1. The molecule has 2 unspecified atom stereocenters. The minimum Gasteiger partial charge on any atom is -0.481 e. The second-order valence-corrected chi connectivity index (χ2v) is 4.91. The molecule has 7 nitrogen and oxygen atoms in total. The highest BCUT2D eigenvalue weighted by molar-refractivity contribution is 5.89. The van der Waals surface area contributed by atoms with E-state index in [1.807, 2.05) is 0 Å². The topological polar surface area (TPSA) is 104 Å². The van der Waals surface area contributed by atoms with Crippen LogP contribution in [0.3, 0.4) is 0 Å². The Labute approximate surface area is 116 Å². The lowest BCUT2D eigenvalue weighted by atomic mass is 9.95. The maximum absolute atomic E-state index is 11.9. The molecule has 20 heavy (non-hydrogen) atoms. The van der Waals surface area contributed by atoms with E-state index >= 15 is 0 Å². The molecule has 0 spiro atoms. The van der Waals surface area contributed by atoms with Gasteiger partial charge < -0.3 is 15.7 Å². The summed E-state index contributed by atoms with van der Waals surface area (Å²) in [5.74, 6) is -1.37. The lowest BCUT2D eigenvalue weighted by molar-refractivity contribution is -0.142. The van der Waals surface area contributed by atoms with Crippen molar-refractivity contribution in [3.63, 3.8) is 0 Å². The van der Waals surface area contributed by atoms with Crippen molar-refractivity contribution in [2.75, 3.05) is 5.32 Å². The average molecular weight is 278 g/mol. The zero-order chi connectivity index (χ0) is 14.4. The molecule has 1 heterocycles. The van der Waals surface area contributed by atoms with Gasteiger partial charge in [0.15, 0.2) is 0 Å². The molecule has 0 aromatic carbocycles. The number of anilines is 1. The minimum atomic E-state index is -0.847. The predicted molar refractivity (Wildman–Crippen MR) is 72.2 cm³/mol. The maximum atomic E-state index is 11.9. The Bertz CT molecular complexity index is 466. The van der Waals surface area contributed by atoms with Crippen molar-refractivity contribution >= 4 is 17.7 Å². The third-order valence-electron chi connectivity index (χ3n) is 3.47. The van der Waals surface area contributed by atoms with Crippen molar-refractivity contribution in [2.45, 2.75) is 38.1 Å². The van der Waals surface area contributed by atoms with Gasteiger partial charge in [0.05, 0.1) is 24.0 Å². The lowest BCUT2D eigenvalue weighted by Crippen LogP contribution is -2.44. The summed E-state index contributed by atoms with van der Waals surface area (Å²) in [6.45, 7) is 0. The number of amides is 2. The van der Waals surface area contributed by atoms with Crippen molar-refractivity contribution in [2.24, 2.45) is 5.92 Å². The smallest absolute Gasteiger partial charge is 0.319 e. The summed E-state index contributed by atoms with van der Waals surface area (Å²) in [6.07, 6.45) is 8.46. The van der Waals surface area contributed by atoms with E-state index in [9.17, 15) is 14.7 Å². The molecule has 2 atom stereocenters. The van der Waals surface area contributed by atoms with Crippen LogP contribution in [0.2, 0.25) is 0 Å². The molecule has 2 rings (SSSR count). The van der Waals surface area contributed by atoms with E-state index in [2.05, 4.69) is 20.6 Å². The first-order chi connectivity index (χ1) is 9.66. The van der Waals surface area contributed by atoms with Gasteiger partial charge in [-0.1, -0.05) is 19.3 Å². The van der Waals surface area contributed by atoms with Crippen LogP contribution in [0, 0.1) is 5.92 Å². The Hall–Kier alpha value is -2.18. The molecule has 1 aromatic heterocycles. The molecule has 7 heteroatoms. The monoisotopic (exact) mass is 278 g/mol. The Kier molecular flexibility index (Phi) is 4.86. The van der Waals surface area contributed by atoms with Gasteiger partial charge in [0.2, 0.25) is 0 Å². The molecule has 0 bridgehead atoms. The number of aliphatic carboxylic acids is 1. The van der Waals surface area contributed by atoms with Crippen LogP contribution >= 0.6 is 0 Å². The fraction of sp³-hybridized carbons (Fsp3) is 0.538. The molecule has 3 N–H and O–H groups in total. The Morgan fingerprint density at radius 1 is 1.15 bits per heavy atom. The van der Waals surface area contributed by atoms with E-state index in [1.165, 1.54) is 18.7 Å². The second-order valence-electron chi connectivity index (χ2n) is 4.91. The van der Waals surface area contributed by atoms with Gasteiger partial charge in [-0.15, -0.1) is 0 Å². The van der Waals surface area contributed by atoms with Crippen LogP contribution < -0.4 is 10.6 Å². The number of carbonyl (C=O) groups is 2. The summed E-state index contributed by atoms with van der Waals surface area (Å²) in [4.78, 5) is 30.7. The van der Waals surface area contributed by atoms with Crippen LogP contribution in [0.4, 0.5) is 10.5 Å². The molecule has 1 aromatic rings. The molecular formula is C13H18N4O3. The molecule has 1 aliphatic carbocycles. The van der Waals surface area contributed by atoms with E-state index in [4.69, 9.17) is 0 Å². The summed E-state index contributed by atoms with van der Waals surface area (Å²) in [6, 6.07) is -0.752. The summed E-state index contributed by atoms with van der Waals surface area (Å²) in [5, 5.41) is 14.6. The van der Waals surface area contributed by atoms with Crippen LogP contribution in [-0.4, -0.2) is 33.1 Å². The zero-order valence-corrected chi connectivity index (χ0v) is 11.1. The number of hydrogen-bond donors (Lipinski definition) is 3. The van der Waals surface area contributed by atoms with Crippen LogP contribution in [0.1, 0.15) is 32.1 Å². The quantitative estimate of drug-likeness (QED) is 0.729. The van der Waals surface area contributed by atoms with Crippen LogP contribution in [-0.2, 0) is 4.79 Å². The van der Waals surface area contributed by atoms with Crippen molar-refractivity contribution in [1.29, 1.82) is 0 Å². The highest BCUT2D eigenvalue weighted by Gasteiger charge is 2.30. The number of nitrogens with zero attached hydrogens (tertiary/aromatic N) is 2. The maximum Gasteiger partial charge on any atom is 0.319 e. The molecule has 2 amide bonds. The van der Waals surface area contributed by atoms with Gasteiger partial charge in [0.1, 0.15) is 6.33 Å². The third-order valence-corrected chi connectivity index (χ3v) is 3.47. The van der Waals surface area contributed by atoms with E-state index in [0.29, 0.717) is 18.5 Å². The first-order valence-electron chi connectivity index (χ1n) is 6.72. The van der Waals surface area contributed by atoms with Crippen molar-refractivity contribution in [3.8, 4) is 0 Å². The first kappa shape index (κ1) is 14.2. The molecule has 0 radical (unpaired) electrons. The third kappa shape index (κ3) is 3.91. The second kappa shape index (κ2) is 6.83. The van der Waals surface area contributed by atoms with E-state index < -0.39 is 17.9 Å². The standard InChI is InChI=1S/C13H18N4O3/c18-12(19)10-4-2-1-3-5-11(10)17-13(20)16-9-6-14-8-15-7-9/h6-8,10-11H,1-5H2,(H,18,19)(H2,16,17,20). The van der Waals surface area contributed by atoms with Gasteiger partial charge in [0, 0.05) is 6.04 Å². The molecule has 0 aliphatic heterocycles. The fourth-order valence-corrected chi connectivity index (χ4v) is 2.48. The van der Waals surface area contributed by atoms with Crippen LogP contribution in [0.5, 0.6) is 0 Å². The van der Waals surface area contributed by atoms with Crippen LogP contribution in [0.25, 0.3) is 0 Å². The van der Waals surface area contributed by atoms with Gasteiger partial charge >= 0.3 is 12.0 Å². The number of rotatable bonds is 3. The highest BCUT2D eigenvalue weighted by atomic mass is 16.4. The van der Waals surface area contributed by atoms with E-state index in [0.717, 1.165) is 19.3 Å². The number of urea groups is 1. The zero-order valence-electron chi connectivity index (χ0n) is 11.1. The molecule has 1 saturated carbocycles.